The second-order valence-electron chi connectivity index (χ2n) is 14.5. The Morgan fingerprint density at radius 3 is 2.18 bits per heavy atom. The van der Waals surface area contributed by atoms with E-state index in [2.05, 4.69) is 71.6 Å². The molecule has 2 amide bonds. The van der Waals surface area contributed by atoms with Gasteiger partial charge in [0.1, 0.15) is 4.83 Å². The van der Waals surface area contributed by atoms with E-state index in [1.165, 1.54) is 75.1 Å². The first-order chi connectivity index (χ1) is 21.1. The number of piperazine rings is 1. The zero-order valence-electron chi connectivity index (χ0n) is 27.2. The maximum atomic E-state index is 14.0. The topological polar surface area (TPSA) is 62.9 Å². The number of likely N-dealkylation sites (tertiary alicyclic amines) is 1. The number of aryl methyl sites for hydroxylation is 2. The Hall–Kier alpha value is -2.68. The highest BCUT2D eigenvalue weighted by Crippen LogP contribution is 2.44. The van der Waals surface area contributed by atoms with Gasteiger partial charge in [-0.25, -0.2) is 0 Å². The molecule has 1 atom stereocenters. The largest absolute Gasteiger partial charge is 0.346 e. The lowest BCUT2D eigenvalue weighted by atomic mass is 9.88. The van der Waals surface area contributed by atoms with Crippen LogP contribution in [0, 0.1) is 13.8 Å². The number of hydrogen-bond donors (Lipinski definition) is 1. The highest BCUT2D eigenvalue weighted by molar-refractivity contribution is 7.19. The van der Waals surface area contributed by atoms with E-state index in [-0.39, 0.29) is 5.91 Å². The van der Waals surface area contributed by atoms with Crippen LogP contribution in [-0.4, -0.2) is 100 Å². The third kappa shape index (κ3) is 5.41. The number of amides is 2. The smallest absolute Gasteiger partial charge is 0.233 e. The number of thiophene rings is 1. The predicted molar refractivity (Wildman–Crippen MR) is 179 cm³/mol. The molecule has 7 rings (SSSR count). The van der Waals surface area contributed by atoms with Crippen molar-refractivity contribution < 1.29 is 9.59 Å². The van der Waals surface area contributed by atoms with E-state index in [9.17, 15) is 9.59 Å². The summed E-state index contributed by atoms with van der Waals surface area (Å²) in [7, 11) is 0. The first kappa shape index (κ1) is 30.0. The summed E-state index contributed by atoms with van der Waals surface area (Å²) in [6, 6.07) is 10.7. The minimum Gasteiger partial charge on any atom is -0.346 e. The summed E-state index contributed by atoms with van der Waals surface area (Å²) < 4.78 is 0. The number of aromatic nitrogens is 1. The Morgan fingerprint density at radius 2 is 1.55 bits per heavy atom. The summed E-state index contributed by atoms with van der Waals surface area (Å²) in [5, 5.41) is 1.29. The van der Waals surface area contributed by atoms with Crippen molar-refractivity contribution in [1.29, 1.82) is 0 Å². The Kier molecular flexibility index (Phi) is 7.91. The van der Waals surface area contributed by atoms with Crippen LogP contribution in [-0.2, 0) is 21.4 Å². The average molecular weight is 616 g/mol. The van der Waals surface area contributed by atoms with Crippen LogP contribution in [0.5, 0.6) is 0 Å². The van der Waals surface area contributed by atoms with Crippen molar-refractivity contribution >= 4 is 33.4 Å². The zero-order chi connectivity index (χ0) is 30.7. The molecule has 0 saturated carbocycles. The number of carbonyl (C=O) groups is 2. The van der Waals surface area contributed by atoms with Crippen LogP contribution < -0.4 is 0 Å². The summed E-state index contributed by atoms with van der Waals surface area (Å²) in [4.78, 5) is 41.5. The van der Waals surface area contributed by atoms with Gasteiger partial charge in [0.05, 0.1) is 11.1 Å². The molecule has 1 N–H and O–H groups in total. The van der Waals surface area contributed by atoms with Crippen LogP contribution in [0.2, 0.25) is 0 Å². The maximum absolute atomic E-state index is 14.0. The number of H-pyrrole nitrogens is 1. The zero-order valence-corrected chi connectivity index (χ0v) is 28.1. The van der Waals surface area contributed by atoms with Crippen molar-refractivity contribution in [2.45, 2.75) is 96.7 Å². The van der Waals surface area contributed by atoms with Crippen LogP contribution in [0.1, 0.15) is 74.4 Å². The number of fused-ring (bicyclic) bond motifs is 3. The molecule has 1 unspecified atom stereocenters. The first-order valence-corrected chi connectivity index (χ1v) is 17.7. The maximum Gasteiger partial charge on any atom is 0.233 e. The lowest BCUT2D eigenvalue weighted by Gasteiger charge is -2.37. The number of nitrogens with zero attached hydrogens (tertiary/aromatic N) is 4. The minimum atomic E-state index is -0.526. The highest BCUT2D eigenvalue weighted by Gasteiger charge is 2.47. The van der Waals surface area contributed by atoms with Crippen molar-refractivity contribution in [3.63, 3.8) is 0 Å². The molecule has 0 radical (unpaired) electrons. The highest BCUT2D eigenvalue weighted by atomic mass is 32.1. The van der Waals surface area contributed by atoms with Gasteiger partial charge in [-0.05, 0) is 102 Å². The standard InChI is InChI=1S/C36H49N5O2S/c1-23-18-24(2)20-26(19-23)33-30(11-13-38-12-10-29(22-38)40-16-14-39(15-17-40)25(3)42)31-21-32(44-34(31)37-33)36(4,5)35(43)41-27-6-7-28(41)9-8-27/h18-21,27-29,37H,6-17,22H2,1-5H3. The molecule has 6 heterocycles. The lowest BCUT2D eigenvalue weighted by Crippen LogP contribution is -2.52. The Labute approximate surface area is 266 Å². The number of hydrogen-bond acceptors (Lipinski definition) is 5. The van der Waals surface area contributed by atoms with Crippen LogP contribution in [0.25, 0.3) is 21.5 Å². The molecule has 4 aliphatic heterocycles. The lowest BCUT2D eigenvalue weighted by molar-refractivity contribution is -0.137. The van der Waals surface area contributed by atoms with Crippen molar-refractivity contribution in [2.75, 3.05) is 45.8 Å². The molecular weight excluding hydrogens is 566 g/mol. The molecule has 8 heteroatoms. The number of aromatic amines is 1. The van der Waals surface area contributed by atoms with E-state index in [1.54, 1.807) is 18.3 Å². The molecule has 0 aliphatic carbocycles. The third-order valence-corrected chi connectivity index (χ3v) is 12.5. The fourth-order valence-corrected chi connectivity index (χ4v) is 9.81. The average Bonchev–Trinajstić information content (AvgIpc) is 3.82. The SMILES string of the molecule is CC(=O)N1CCN(C2CCN(CCc3c(-c4cc(C)cc(C)c4)[nH]c4sc(C(C)(C)C(=O)N5C6CCC5CC6)cc34)C2)CC1. The van der Waals surface area contributed by atoms with Gasteiger partial charge < -0.3 is 19.7 Å². The summed E-state index contributed by atoms with van der Waals surface area (Å²) in [6.07, 6.45) is 6.87. The van der Waals surface area contributed by atoms with Gasteiger partial charge in [-0.1, -0.05) is 17.2 Å². The van der Waals surface area contributed by atoms with Gasteiger partial charge in [-0.15, -0.1) is 11.3 Å². The fraction of sp³-hybridized carbons (Fsp3) is 0.611. The molecular formula is C36H49N5O2S. The number of rotatable bonds is 7. The van der Waals surface area contributed by atoms with Crippen molar-refractivity contribution in [1.82, 2.24) is 24.6 Å². The van der Waals surface area contributed by atoms with Crippen molar-refractivity contribution in [3.05, 3.63) is 45.8 Å². The van der Waals surface area contributed by atoms with Gasteiger partial charge in [-0.3, -0.25) is 14.5 Å². The summed E-state index contributed by atoms with van der Waals surface area (Å²) in [5.74, 6) is 0.511. The molecule has 236 valence electrons. The molecule has 3 aromatic rings. The summed E-state index contributed by atoms with van der Waals surface area (Å²) in [5.41, 5.74) is 5.92. The summed E-state index contributed by atoms with van der Waals surface area (Å²) >= 11 is 1.78. The number of nitrogens with one attached hydrogen (secondary N) is 1. The molecule has 4 aliphatic rings. The van der Waals surface area contributed by atoms with Crippen LogP contribution >= 0.6 is 11.3 Å². The van der Waals surface area contributed by atoms with Crippen LogP contribution in [0.15, 0.2) is 24.3 Å². The fourth-order valence-electron chi connectivity index (χ4n) is 8.62. The van der Waals surface area contributed by atoms with E-state index in [0.717, 1.165) is 52.2 Å². The van der Waals surface area contributed by atoms with Crippen LogP contribution in [0.4, 0.5) is 0 Å². The van der Waals surface area contributed by atoms with E-state index < -0.39 is 5.41 Å². The van der Waals surface area contributed by atoms with Gasteiger partial charge in [0.15, 0.2) is 0 Å². The van der Waals surface area contributed by atoms with Gasteiger partial charge in [0, 0.05) is 74.6 Å². The molecule has 0 spiro atoms. The minimum absolute atomic E-state index is 0.197. The second-order valence-corrected chi connectivity index (χ2v) is 15.6. The van der Waals surface area contributed by atoms with Crippen LogP contribution in [0.3, 0.4) is 0 Å². The normalized spacial score (nSPS) is 24.7. The molecule has 4 saturated heterocycles. The third-order valence-electron chi connectivity index (χ3n) is 11.1. The molecule has 44 heavy (non-hydrogen) atoms. The predicted octanol–water partition coefficient (Wildman–Crippen LogP) is 5.73. The van der Waals surface area contributed by atoms with E-state index in [1.807, 2.05) is 4.90 Å². The van der Waals surface area contributed by atoms with E-state index in [4.69, 9.17) is 0 Å². The van der Waals surface area contributed by atoms with Crippen molar-refractivity contribution in [3.8, 4) is 11.3 Å². The van der Waals surface area contributed by atoms with Gasteiger partial charge >= 0.3 is 0 Å². The molecule has 1 aromatic carbocycles. The Morgan fingerprint density at radius 1 is 0.886 bits per heavy atom. The molecule has 7 nitrogen and oxygen atoms in total. The van der Waals surface area contributed by atoms with Gasteiger partial charge in [0.2, 0.25) is 11.8 Å². The van der Waals surface area contributed by atoms with Crippen molar-refractivity contribution in [2.24, 2.45) is 0 Å². The van der Waals surface area contributed by atoms with E-state index >= 15 is 0 Å². The quantitative estimate of drug-likeness (QED) is 0.369. The molecule has 2 aromatic heterocycles. The number of carbonyl (C=O) groups excluding carboxylic acids is 2. The molecule has 4 fully saturated rings. The summed E-state index contributed by atoms with van der Waals surface area (Å²) in [6.45, 7) is 17.3. The van der Waals surface area contributed by atoms with E-state index in [0.29, 0.717) is 24.0 Å². The first-order valence-electron chi connectivity index (χ1n) is 16.9. The monoisotopic (exact) mass is 615 g/mol. The Balaban J connectivity index is 1.13. The number of benzene rings is 1. The second kappa shape index (κ2) is 11.6. The Bertz CT molecular complexity index is 1520. The molecule has 2 bridgehead atoms. The van der Waals surface area contributed by atoms with Gasteiger partial charge in [-0.2, -0.15) is 0 Å². The van der Waals surface area contributed by atoms with Gasteiger partial charge in [0.25, 0.3) is 0 Å².